The van der Waals surface area contributed by atoms with E-state index in [1.54, 1.807) is 12.1 Å². The topological polar surface area (TPSA) is 117 Å². The zero-order valence-corrected chi connectivity index (χ0v) is 23.3. The quantitative estimate of drug-likeness (QED) is 0.434. The average Bonchev–Trinajstić information content (AvgIpc) is 3.38. The summed E-state index contributed by atoms with van der Waals surface area (Å²) in [6, 6.07) is 7.96. The van der Waals surface area contributed by atoms with Crippen LogP contribution in [0.2, 0.25) is 0 Å². The molecule has 2 heterocycles. The molecule has 0 spiro atoms. The number of nitrogens with zero attached hydrogens (tertiary/aromatic N) is 3. The number of rotatable bonds is 10. The number of likely N-dealkylation sites (tertiary alicyclic amines) is 1. The van der Waals surface area contributed by atoms with Crippen molar-refractivity contribution >= 4 is 29.4 Å². The standard InChI is InChI=1S/C28H39N5O4S/c1-18(2)17-23(24(34)27-31-32-28(37-27)38-20-13-15-33(3)16-14-20)30-26(36)21-11-7-8-12-22(21)29-25(35)19-9-5-4-6-10-19/h4-6,9-10,18,20-23H,7-8,11-17H2,1-3H3,(H,29,35)(H,30,36)/t21-,22+,23?/m1/s1. The Morgan fingerprint density at radius 1 is 1.05 bits per heavy atom. The lowest BCUT2D eigenvalue weighted by atomic mass is 9.83. The molecule has 206 valence electrons. The molecule has 2 amide bonds. The number of hydrogen-bond acceptors (Lipinski definition) is 8. The largest absolute Gasteiger partial charge is 0.408 e. The minimum atomic E-state index is -0.767. The Bertz CT molecular complexity index is 1080. The number of nitrogens with one attached hydrogen (secondary N) is 2. The van der Waals surface area contributed by atoms with E-state index >= 15 is 0 Å². The molecule has 0 radical (unpaired) electrons. The van der Waals surface area contributed by atoms with E-state index in [4.69, 9.17) is 4.42 Å². The summed E-state index contributed by atoms with van der Waals surface area (Å²) in [5, 5.41) is 14.9. The molecule has 1 unspecified atom stereocenters. The molecule has 0 bridgehead atoms. The molecule has 10 heteroatoms. The lowest BCUT2D eigenvalue weighted by Gasteiger charge is -2.32. The van der Waals surface area contributed by atoms with Crippen molar-refractivity contribution in [3.8, 4) is 0 Å². The van der Waals surface area contributed by atoms with E-state index in [1.807, 2.05) is 32.0 Å². The van der Waals surface area contributed by atoms with Crippen molar-refractivity contribution in [2.45, 2.75) is 81.3 Å². The maximum Gasteiger partial charge on any atom is 0.286 e. The summed E-state index contributed by atoms with van der Waals surface area (Å²) in [6.45, 7) is 6.05. The summed E-state index contributed by atoms with van der Waals surface area (Å²) in [4.78, 5) is 41.9. The fraction of sp³-hybridized carbons (Fsp3) is 0.607. The van der Waals surface area contributed by atoms with Gasteiger partial charge in [0.25, 0.3) is 17.0 Å². The molecule has 9 nitrogen and oxygen atoms in total. The molecule has 2 aliphatic rings. The predicted molar refractivity (Wildman–Crippen MR) is 146 cm³/mol. The van der Waals surface area contributed by atoms with Gasteiger partial charge in [0, 0.05) is 16.9 Å². The number of Topliss-reactive ketones (excluding diaryl/α,β-unsaturated/α-hetero) is 1. The third-order valence-electron chi connectivity index (χ3n) is 7.35. The molecule has 38 heavy (non-hydrogen) atoms. The van der Waals surface area contributed by atoms with Gasteiger partial charge in [0.1, 0.15) is 0 Å². The Morgan fingerprint density at radius 2 is 1.76 bits per heavy atom. The molecule has 1 aliphatic carbocycles. The lowest BCUT2D eigenvalue weighted by molar-refractivity contribution is -0.127. The fourth-order valence-corrected chi connectivity index (χ4v) is 6.14. The Kier molecular flexibility index (Phi) is 9.96. The molecule has 1 aliphatic heterocycles. The van der Waals surface area contributed by atoms with E-state index in [9.17, 15) is 14.4 Å². The molecule has 2 fully saturated rings. The van der Waals surface area contributed by atoms with E-state index in [2.05, 4.69) is 32.8 Å². The van der Waals surface area contributed by atoms with Gasteiger partial charge in [0.15, 0.2) is 0 Å². The summed E-state index contributed by atoms with van der Waals surface area (Å²) < 4.78 is 5.76. The molecule has 1 aromatic heterocycles. The first-order valence-electron chi connectivity index (χ1n) is 13.7. The fourth-order valence-electron chi connectivity index (χ4n) is 5.19. The molecule has 1 saturated heterocycles. The van der Waals surface area contributed by atoms with Crippen LogP contribution in [0.25, 0.3) is 0 Å². The van der Waals surface area contributed by atoms with E-state index < -0.39 is 12.0 Å². The summed E-state index contributed by atoms with van der Waals surface area (Å²) in [5.41, 5.74) is 0.565. The molecule has 1 saturated carbocycles. The van der Waals surface area contributed by atoms with E-state index in [0.717, 1.165) is 45.2 Å². The molecule has 2 N–H and O–H groups in total. The van der Waals surface area contributed by atoms with Crippen LogP contribution in [-0.2, 0) is 4.79 Å². The van der Waals surface area contributed by atoms with Gasteiger partial charge in [0.2, 0.25) is 11.7 Å². The highest BCUT2D eigenvalue weighted by molar-refractivity contribution is 7.99. The van der Waals surface area contributed by atoms with Crippen molar-refractivity contribution in [2.24, 2.45) is 11.8 Å². The van der Waals surface area contributed by atoms with Gasteiger partial charge in [-0.15, -0.1) is 10.2 Å². The number of carbonyl (C=O) groups excluding carboxylic acids is 3. The zero-order chi connectivity index (χ0) is 27.1. The van der Waals surface area contributed by atoms with Crippen molar-refractivity contribution < 1.29 is 18.8 Å². The maximum atomic E-state index is 13.5. The van der Waals surface area contributed by atoms with Gasteiger partial charge >= 0.3 is 0 Å². The second-order valence-electron chi connectivity index (χ2n) is 10.9. The van der Waals surface area contributed by atoms with Crippen molar-refractivity contribution in [1.82, 2.24) is 25.7 Å². The van der Waals surface area contributed by atoms with Crippen molar-refractivity contribution in [3.05, 3.63) is 41.8 Å². The second kappa shape index (κ2) is 13.4. The van der Waals surface area contributed by atoms with Gasteiger partial charge in [-0.1, -0.05) is 56.7 Å². The Balaban J connectivity index is 1.40. The average molecular weight is 542 g/mol. The number of thioether (sulfide) groups is 1. The third-order valence-corrected chi connectivity index (χ3v) is 8.52. The highest BCUT2D eigenvalue weighted by atomic mass is 32.2. The van der Waals surface area contributed by atoms with Gasteiger partial charge in [0.05, 0.1) is 12.0 Å². The van der Waals surface area contributed by atoms with Crippen molar-refractivity contribution in [3.63, 3.8) is 0 Å². The van der Waals surface area contributed by atoms with Crippen LogP contribution in [0.3, 0.4) is 0 Å². The minimum absolute atomic E-state index is 0.0658. The highest BCUT2D eigenvalue weighted by Crippen LogP contribution is 2.30. The summed E-state index contributed by atoms with van der Waals surface area (Å²) in [7, 11) is 2.11. The van der Waals surface area contributed by atoms with Gasteiger partial charge in [-0.05, 0) is 70.3 Å². The molecule has 3 atom stereocenters. The second-order valence-corrected chi connectivity index (χ2v) is 12.1. The van der Waals surface area contributed by atoms with Crippen LogP contribution in [0.4, 0.5) is 0 Å². The third kappa shape index (κ3) is 7.66. The molecule has 2 aromatic rings. The lowest BCUT2D eigenvalue weighted by Crippen LogP contribution is -2.52. The van der Waals surface area contributed by atoms with Crippen LogP contribution < -0.4 is 10.6 Å². The van der Waals surface area contributed by atoms with E-state index in [1.165, 1.54) is 11.8 Å². The Hall–Kier alpha value is -2.72. The van der Waals surface area contributed by atoms with Crippen LogP contribution in [0.1, 0.15) is 79.8 Å². The summed E-state index contributed by atoms with van der Waals surface area (Å²) in [5.74, 6) is -1.08. The van der Waals surface area contributed by atoms with Gasteiger partial charge in [-0.3, -0.25) is 14.4 Å². The van der Waals surface area contributed by atoms with Crippen LogP contribution in [-0.4, -0.2) is 70.2 Å². The number of carbonyl (C=O) groups is 3. The Morgan fingerprint density at radius 3 is 2.47 bits per heavy atom. The first kappa shape index (κ1) is 28.3. The molecule has 4 rings (SSSR count). The highest BCUT2D eigenvalue weighted by Gasteiger charge is 2.36. The van der Waals surface area contributed by atoms with E-state index in [0.29, 0.717) is 28.9 Å². The molecular formula is C28H39N5O4S. The van der Waals surface area contributed by atoms with Gasteiger partial charge in [-0.25, -0.2) is 0 Å². The number of benzene rings is 1. The number of hydrogen-bond donors (Lipinski definition) is 2. The van der Waals surface area contributed by atoms with Crippen molar-refractivity contribution in [2.75, 3.05) is 20.1 Å². The van der Waals surface area contributed by atoms with Gasteiger partial charge in [-0.2, -0.15) is 0 Å². The number of piperidine rings is 1. The number of ketones is 1. The van der Waals surface area contributed by atoms with Gasteiger partial charge < -0.3 is 20.0 Å². The smallest absolute Gasteiger partial charge is 0.286 e. The first-order chi connectivity index (χ1) is 18.3. The van der Waals surface area contributed by atoms with Crippen LogP contribution >= 0.6 is 11.8 Å². The maximum absolute atomic E-state index is 13.5. The van der Waals surface area contributed by atoms with Crippen LogP contribution in [0, 0.1) is 11.8 Å². The molecular weight excluding hydrogens is 502 g/mol. The normalized spacial score (nSPS) is 21.7. The van der Waals surface area contributed by atoms with Crippen LogP contribution in [0.15, 0.2) is 40.0 Å². The molecule has 1 aromatic carbocycles. The van der Waals surface area contributed by atoms with E-state index in [-0.39, 0.29) is 35.4 Å². The Labute approximate surface area is 228 Å². The summed E-state index contributed by atoms with van der Waals surface area (Å²) >= 11 is 1.52. The monoisotopic (exact) mass is 541 g/mol. The number of amides is 2. The van der Waals surface area contributed by atoms with Crippen LogP contribution in [0.5, 0.6) is 0 Å². The summed E-state index contributed by atoms with van der Waals surface area (Å²) in [6.07, 6.45) is 5.74. The predicted octanol–water partition coefficient (Wildman–Crippen LogP) is 3.96. The SMILES string of the molecule is CC(C)CC(NC(=O)[C@@H]1CCCC[C@@H]1NC(=O)c1ccccc1)C(=O)c1nnc(SC2CCN(C)CC2)o1. The minimum Gasteiger partial charge on any atom is -0.408 e. The number of aromatic nitrogens is 2. The zero-order valence-electron chi connectivity index (χ0n) is 22.5. The van der Waals surface area contributed by atoms with Crippen molar-refractivity contribution in [1.29, 1.82) is 0 Å². The first-order valence-corrected chi connectivity index (χ1v) is 14.6.